The Morgan fingerprint density at radius 1 is 1.24 bits per heavy atom. The molecule has 2 amide bonds. The molecule has 138 valence electrons. The van der Waals surface area contributed by atoms with E-state index < -0.39 is 5.92 Å². The Kier molecular flexibility index (Phi) is 5.57. The molecule has 2 aliphatic rings. The molecule has 2 heterocycles. The Bertz CT molecular complexity index is 598. The van der Waals surface area contributed by atoms with Crippen LogP contribution in [0.4, 0.5) is 19.3 Å². The molecule has 0 bridgehead atoms. The van der Waals surface area contributed by atoms with E-state index in [2.05, 4.69) is 23.2 Å². The van der Waals surface area contributed by atoms with Gasteiger partial charge >= 0.3 is 6.03 Å². The molecule has 0 radical (unpaired) electrons. The van der Waals surface area contributed by atoms with Gasteiger partial charge in [-0.1, -0.05) is 18.6 Å². The van der Waals surface area contributed by atoms with Crippen molar-refractivity contribution in [1.82, 2.24) is 9.80 Å². The van der Waals surface area contributed by atoms with Crippen LogP contribution in [0.25, 0.3) is 0 Å². The summed E-state index contributed by atoms with van der Waals surface area (Å²) in [5, 5.41) is 2.85. The maximum atomic E-state index is 13.2. The van der Waals surface area contributed by atoms with Gasteiger partial charge in [0.05, 0.1) is 0 Å². The molecule has 0 aromatic heterocycles. The Labute approximate surface area is 148 Å². The highest BCUT2D eigenvalue weighted by molar-refractivity contribution is 5.89. The van der Waals surface area contributed by atoms with Crippen molar-refractivity contribution in [3.8, 4) is 0 Å². The molecule has 0 spiro atoms. The van der Waals surface area contributed by atoms with Gasteiger partial charge in [-0.05, 0) is 44.0 Å². The number of hydrogen-bond donors (Lipinski definition) is 1. The molecule has 2 saturated heterocycles. The number of carbonyl (C=O) groups is 1. The zero-order valence-corrected chi connectivity index (χ0v) is 14.8. The standard InChI is InChI=1S/C19H27F2N3O/c1-15-5-2-3-10-24(15)14-16-6-4-7-17(13-16)22-18(25)23-11-8-19(20,21)9-12-23/h4,6-7,13,15H,2-3,5,8-12,14H2,1H3,(H,22,25)/t15-/m1/s1. The summed E-state index contributed by atoms with van der Waals surface area (Å²) in [5.74, 6) is -2.64. The number of hydrogen-bond acceptors (Lipinski definition) is 2. The zero-order chi connectivity index (χ0) is 17.9. The number of halogens is 2. The van der Waals surface area contributed by atoms with Crippen LogP contribution in [0, 0.1) is 0 Å². The lowest BCUT2D eigenvalue weighted by molar-refractivity contribution is -0.0461. The summed E-state index contributed by atoms with van der Waals surface area (Å²) in [7, 11) is 0. The largest absolute Gasteiger partial charge is 0.324 e. The summed E-state index contributed by atoms with van der Waals surface area (Å²) in [6.45, 7) is 4.45. The highest BCUT2D eigenvalue weighted by Gasteiger charge is 2.35. The SMILES string of the molecule is C[C@@H]1CCCCN1Cc1cccc(NC(=O)N2CCC(F)(F)CC2)c1. The van der Waals surface area contributed by atoms with E-state index in [1.54, 1.807) is 0 Å². The first-order chi connectivity index (χ1) is 11.9. The Morgan fingerprint density at radius 2 is 2.00 bits per heavy atom. The first-order valence-electron chi connectivity index (χ1n) is 9.20. The molecule has 0 unspecified atom stereocenters. The van der Waals surface area contributed by atoms with Crippen LogP contribution in [0.1, 0.15) is 44.6 Å². The summed E-state index contributed by atoms with van der Waals surface area (Å²) in [6.07, 6.45) is 3.25. The van der Waals surface area contributed by atoms with Gasteiger partial charge in [-0.2, -0.15) is 0 Å². The molecule has 1 aromatic carbocycles. The Balaban J connectivity index is 1.57. The van der Waals surface area contributed by atoms with Crippen molar-refractivity contribution in [3.05, 3.63) is 29.8 Å². The number of likely N-dealkylation sites (tertiary alicyclic amines) is 2. The maximum Gasteiger partial charge on any atom is 0.321 e. The number of piperidine rings is 2. The third-order valence-electron chi connectivity index (χ3n) is 5.29. The smallest absolute Gasteiger partial charge is 0.321 e. The molecule has 25 heavy (non-hydrogen) atoms. The average molecular weight is 351 g/mol. The quantitative estimate of drug-likeness (QED) is 0.880. The number of urea groups is 1. The van der Waals surface area contributed by atoms with Crippen molar-refractivity contribution in [2.75, 3.05) is 25.0 Å². The number of amides is 2. The van der Waals surface area contributed by atoms with Gasteiger partial charge in [-0.15, -0.1) is 0 Å². The van der Waals surface area contributed by atoms with E-state index in [1.165, 1.54) is 24.2 Å². The monoisotopic (exact) mass is 351 g/mol. The molecular weight excluding hydrogens is 324 g/mol. The average Bonchev–Trinajstić information content (AvgIpc) is 2.57. The van der Waals surface area contributed by atoms with Crippen molar-refractivity contribution >= 4 is 11.7 Å². The van der Waals surface area contributed by atoms with E-state index in [0.29, 0.717) is 6.04 Å². The van der Waals surface area contributed by atoms with Gasteiger partial charge in [0, 0.05) is 44.2 Å². The fourth-order valence-corrected chi connectivity index (χ4v) is 3.61. The van der Waals surface area contributed by atoms with E-state index in [4.69, 9.17) is 0 Å². The molecule has 0 saturated carbocycles. The molecule has 1 N–H and O–H groups in total. The van der Waals surface area contributed by atoms with E-state index in [0.717, 1.165) is 24.3 Å². The van der Waals surface area contributed by atoms with Gasteiger partial charge in [0.1, 0.15) is 0 Å². The number of alkyl halides is 2. The van der Waals surface area contributed by atoms with Crippen LogP contribution in [0.3, 0.4) is 0 Å². The molecule has 1 aromatic rings. The van der Waals surface area contributed by atoms with Gasteiger partial charge in [-0.3, -0.25) is 4.90 Å². The Morgan fingerprint density at radius 3 is 2.72 bits per heavy atom. The van der Waals surface area contributed by atoms with Crippen molar-refractivity contribution < 1.29 is 13.6 Å². The number of nitrogens with one attached hydrogen (secondary N) is 1. The molecule has 2 fully saturated rings. The van der Waals surface area contributed by atoms with Gasteiger partial charge < -0.3 is 10.2 Å². The summed E-state index contributed by atoms with van der Waals surface area (Å²) >= 11 is 0. The second-order valence-electron chi connectivity index (χ2n) is 7.29. The summed E-state index contributed by atoms with van der Waals surface area (Å²) in [5.41, 5.74) is 1.89. The van der Waals surface area contributed by atoms with Gasteiger partial charge in [-0.25, -0.2) is 13.6 Å². The minimum absolute atomic E-state index is 0.101. The fraction of sp³-hybridized carbons (Fsp3) is 0.632. The van der Waals surface area contributed by atoms with Crippen LogP contribution in [0.5, 0.6) is 0 Å². The lowest BCUT2D eigenvalue weighted by Crippen LogP contribution is -2.44. The fourth-order valence-electron chi connectivity index (χ4n) is 3.61. The number of nitrogens with zero attached hydrogens (tertiary/aromatic N) is 2. The highest BCUT2D eigenvalue weighted by atomic mass is 19.3. The van der Waals surface area contributed by atoms with Gasteiger partial charge in [0.2, 0.25) is 0 Å². The molecular formula is C19H27F2N3O. The summed E-state index contributed by atoms with van der Waals surface area (Å²) < 4.78 is 26.4. The molecule has 1 atom stereocenters. The normalized spacial score (nSPS) is 24.1. The minimum Gasteiger partial charge on any atom is -0.324 e. The van der Waals surface area contributed by atoms with Crippen molar-refractivity contribution in [1.29, 1.82) is 0 Å². The second-order valence-corrected chi connectivity index (χ2v) is 7.29. The van der Waals surface area contributed by atoms with Crippen LogP contribution >= 0.6 is 0 Å². The number of benzene rings is 1. The number of anilines is 1. The molecule has 3 rings (SSSR count). The predicted octanol–water partition coefficient (Wildman–Crippen LogP) is 4.32. The Hall–Kier alpha value is -1.69. The zero-order valence-electron chi connectivity index (χ0n) is 14.8. The van der Waals surface area contributed by atoms with E-state index in [1.807, 2.05) is 18.2 Å². The van der Waals surface area contributed by atoms with Crippen LogP contribution < -0.4 is 5.32 Å². The van der Waals surface area contributed by atoms with E-state index >= 15 is 0 Å². The van der Waals surface area contributed by atoms with Crippen LogP contribution in [-0.2, 0) is 6.54 Å². The maximum absolute atomic E-state index is 13.2. The van der Waals surface area contributed by atoms with Crippen LogP contribution in [0.15, 0.2) is 24.3 Å². The second kappa shape index (κ2) is 7.68. The van der Waals surface area contributed by atoms with E-state index in [-0.39, 0.29) is 32.0 Å². The van der Waals surface area contributed by atoms with Gasteiger partial charge in [0.15, 0.2) is 0 Å². The number of carbonyl (C=O) groups excluding carboxylic acids is 1. The van der Waals surface area contributed by atoms with E-state index in [9.17, 15) is 13.6 Å². The van der Waals surface area contributed by atoms with Crippen LogP contribution in [-0.4, -0.2) is 47.4 Å². The molecule has 4 nitrogen and oxygen atoms in total. The molecule has 6 heteroatoms. The summed E-state index contributed by atoms with van der Waals surface area (Å²) in [4.78, 5) is 16.2. The topological polar surface area (TPSA) is 35.6 Å². The van der Waals surface area contributed by atoms with Gasteiger partial charge in [0.25, 0.3) is 5.92 Å². The lowest BCUT2D eigenvalue weighted by Gasteiger charge is -2.33. The highest BCUT2D eigenvalue weighted by Crippen LogP contribution is 2.28. The lowest BCUT2D eigenvalue weighted by atomic mass is 10.0. The van der Waals surface area contributed by atoms with Crippen molar-refractivity contribution in [2.24, 2.45) is 0 Å². The first kappa shape index (κ1) is 18.1. The molecule has 2 aliphatic heterocycles. The minimum atomic E-state index is -2.64. The molecule has 0 aliphatic carbocycles. The first-order valence-corrected chi connectivity index (χ1v) is 9.20. The van der Waals surface area contributed by atoms with Crippen LogP contribution in [0.2, 0.25) is 0 Å². The predicted molar refractivity (Wildman–Crippen MR) is 94.9 cm³/mol. The summed E-state index contributed by atoms with van der Waals surface area (Å²) in [6, 6.07) is 8.13. The van der Waals surface area contributed by atoms with Crippen molar-refractivity contribution in [2.45, 2.75) is 57.5 Å². The van der Waals surface area contributed by atoms with Crippen molar-refractivity contribution in [3.63, 3.8) is 0 Å². The third kappa shape index (κ3) is 4.91. The third-order valence-corrected chi connectivity index (χ3v) is 5.29. The number of rotatable bonds is 3.